The largest absolute Gasteiger partial charge is 0.371 e. The molecule has 0 unspecified atom stereocenters. The molecule has 2 aliphatic rings. The number of aliphatic hydroxyl groups is 2. The number of halogens is 1. The predicted molar refractivity (Wildman–Crippen MR) is 156 cm³/mol. The molecule has 39 heavy (non-hydrogen) atoms. The fourth-order valence-corrected chi connectivity index (χ4v) is 4.65. The summed E-state index contributed by atoms with van der Waals surface area (Å²) in [6.45, 7) is 9.04. The van der Waals surface area contributed by atoms with E-state index in [0.29, 0.717) is 50.9 Å². The number of rotatable bonds is 10. The average Bonchev–Trinajstić information content (AvgIpc) is 2.94. The van der Waals surface area contributed by atoms with Crippen LogP contribution in [0.5, 0.6) is 0 Å². The van der Waals surface area contributed by atoms with Gasteiger partial charge < -0.3 is 20.0 Å². The van der Waals surface area contributed by atoms with Gasteiger partial charge in [-0.25, -0.2) is 4.39 Å². The van der Waals surface area contributed by atoms with Crippen LogP contribution in [0.3, 0.4) is 0 Å². The third-order valence-corrected chi connectivity index (χ3v) is 6.83. The van der Waals surface area contributed by atoms with Crippen molar-refractivity contribution in [3.8, 4) is 0 Å². The smallest absolute Gasteiger partial charge is 0.253 e. The lowest BCUT2D eigenvalue weighted by Gasteiger charge is -2.36. The first-order chi connectivity index (χ1) is 18.9. The van der Waals surface area contributed by atoms with Crippen LogP contribution in [0.4, 0.5) is 4.39 Å². The van der Waals surface area contributed by atoms with Gasteiger partial charge in [0.05, 0.1) is 12.3 Å². The summed E-state index contributed by atoms with van der Waals surface area (Å²) in [4.78, 5) is 22.4. The lowest BCUT2D eigenvalue weighted by atomic mass is 9.95. The van der Waals surface area contributed by atoms with E-state index < -0.39 is 6.29 Å². The Labute approximate surface area is 231 Å². The van der Waals surface area contributed by atoms with Gasteiger partial charge in [0.1, 0.15) is 5.82 Å². The van der Waals surface area contributed by atoms with E-state index in [-0.39, 0.29) is 11.7 Å². The Hall–Kier alpha value is -3.55. The second-order valence-electron chi connectivity index (χ2n) is 9.66. The fourth-order valence-electron chi connectivity index (χ4n) is 4.65. The number of benzene rings is 1. The van der Waals surface area contributed by atoms with Crippen molar-refractivity contribution in [3.05, 3.63) is 108 Å². The molecule has 1 aromatic carbocycles. The van der Waals surface area contributed by atoms with E-state index >= 15 is 0 Å². The van der Waals surface area contributed by atoms with E-state index in [1.165, 1.54) is 17.8 Å². The molecule has 0 bridgehead atoms. The normalized spacial score (nSPS) is 17.3. The molecule has 1 fully saturated rings. The van der Waals surface area contributed by atoms with E-state index in [1.54, 1.807) is 18.2 Å². The van der Waals surface area contributed by atoms with Crippen molar-refractivity contribution in [3.63, 3.8) is 0 Å². The minimum absolute atomic E-state index is 0.0225. The Morgan fingerprint density at radius 3 is 2.49 bits per heavy atom. The molecule has 0 spiro atoms. The SMILES string of the molecule is C=CC=CC=C(C)N1CCN(C(=O)C2=CCC=C(CCCCC(O)O)C(c3ccc(F)cc3)=NCC=C2)CC1. The van der Waals surface area contributed by atoms with Crippen LogP contribution < -0.4 is 0 Å². The van der Waals surface area contributed by atoms with Crippen LogP contribution in [0, 0.1) is 5.82 Å². The van der Waals surface area contributed by atoms with Crippen LogP contribution in [0.1, 0.15) is 44.6 Å². The molecule has 208 valence electrons. The van der Waals surface area contributed by atoms with Crippen LogP contribution in [0.2, 0.25) is 0 Å². The Morgan fingerprint density at radius 2 is 1.79 bits per heavy atom. The number of nitrogens with zero attached hydrogens (tertiary/aromatic N) is 3. The van der Waals surface area contributed by atoms with E-state index in [9.17, 15) is 19.4 Å². The second-order valence-corrected chi connectivity index (χ2v) is 9.66. The lowest BCUT2D eigenvalue weighted by molar-refractivity contribution is -0.128. The van der Waals surface area contributed by atoms with E-state index in [1.807, 2.05) is 35.3 Å². The maximum Gasteiger partial charge on any atom is 0.253 e. The van der Waals surface area contributed by atoms with Gasteiger partial charge in [0.15, 0.2) is 6.29 Å². The molecule has 7 heteroatoms. The highest BCUT2D eigenvalue weighted by molar-refractivity contribution is 6.12. The first kappa shape index (κ1) is 30.0. The number of carbonyl (C=O) groups is 1. The molecular formula is C32H40FN3O3. The minimum Gasteiger partial charge on any atom is -0.371 e. The van der Waals surface area contributed by atoms with Crippen LogP contribution in [-0.4, -0.2) is 70.6 Å². The van der Waals surface area contributed by atoms with Gasteiger partial charge in [-0.3, -0.25) is 9.79 Å². The number of aliphatic hydroxyl groups excluding tert-OH is 1. The fraction of sp³-hybridized carbons (Fsp3) is 0.375. The zero-order valence-electron chi connectivity index (χ0n) is 22.8. The van der Waals surface area contributed by atoms with Gasteiger partial charge in [0, 0.05) is 43.0 Å². The topological polar surface area (TPSA) is 76.4 Å². The van der Waals surface area contributed by atoms with E-state index in [4.69, 9.17) is 4.99 Å². The number of amides is 1. The summed E-state index contributed by atoms with van der Waals surface area (Å²) in [7, 11) is 0. The molecule has 2 aliphatic heterocycles. The van der Waals surface area contributed by atoms with Crippen molar-refractivity contribution in [1.82, 2.24) is 9.80 Å². The van der Waals surface area contributed by atoms with Crippen molar-refractivity contribution < 1.29 is 19.4 Å². The highest BCUT2D eigenvalue weighted by Gasteiger charge is 2.22. The monoisotopic (exact) mass is 533 g/mol. The Bertz CT molecular complexity index is 1150. The molecule has 2 heterocycles. The van der Waals surface area contributed by atoms with Crippen molar-refractivity contribution in [2.45, 2.75) is 45.3 Å². The Kier molecular flexibility index (Phi) is 12.1. The number of hydrogen-bond acceptors (Lipinski definition) is 5. The molecule has 0 radical (unpaired) electrons. The maximum atomic E-state index is 13.6. The predicted octanol–water partition coefficient (Wildman–Crippen LogP) is 5.09. The van der Waals surface area contributed by atoms with Crippen molar-refractivity contribution in [1.29, 1.82) is 0 Å². The molecule has 1 saturated heterocycles. The van der Waals surface area contributed by atoms with E-state index in [0.717, 1.165) is 36.4 Å². The molecule has 0 aromatic heterocycles. The highest BCUT2D eigenvalue weighted by atomic mass is 19.1. The molecule has 2 N–H and O–H groups in total. The molecule has 0 saturated carbocycles. The first-order valence-corrected chi connectivity index (χ1v) is 13.6. The number of hydrogen-bond donors (Lipinski definition) is 2. The Balaban J connectivity index is 1.72. The van der Waals surface area contributed by atoms with Crippen molar-refractivity contribution >= 4 is 11.6 Å². The summed E-state index contributed by atoms with van der Waals surface area (Å²) in [5, 5.41) is 18.4. The maximum absolute atomic E-state index is 13.6. The molecule has 0 aliphatic carbocycles. The molecule has 0 atom stereocenters. The number of allylic oxidation sites excluding steroid dienone is 8. The summed E-state index contributed by atoms with van der Waals surface area (Å²) in [5.41, 5.74) is 4.47. The Morgan fingerprint density at radius 1 is 1.08 bits per heavy atom. The standard InChI is InChI=1S/C32H40FN3O3/c1-3-4-5-10-25(2)35-21-23-36(24-22-35)32(39)28-13-8-12-26(11-6-7-15-30(37)38)31(34-20-9-14-28)27-16-18-29(33)19-17-27/h3-5,9-10,12-14,16-19,30,37-38H,1,6-8,11,15,20-24H2,2H3. The van der Waals surface area contributed by atoms with Gasteiger partial charge in [0.2, 0.25) is 0 Å². The summed E-state index contributed by atoms with van der Waals surface area (Å²) in [6.07, 6.45) is 17.1. The third kappa shape index (κ3) is 9.61. The second kappa shape index (κ2) is 15.8. The molecule has 1 aromatic rings. The zero-order chi connectivity index (χ0) is 28.0. The summed E-state index contributed by atoms with van der Waals surface area (Å²) < 4.78 is 13.6. The van der Waals surface area contributed by atoms with Crippen LogP contribution in [0.25, 0.3) is 0 Å². The number of unbranched alkanes of at least 4 members (excludes halogenated alkanes) is 1. The van der Waals surface area contributed by atoms with Gasteiger partial charge in [-0.15, -0.1) is 0 Å². The van der Waals surface area contributed by atoms with Gasteiger partial charge in [-0.2, -0.15) is 0 Å². The quantitative estimate of drug-likeness (QED) is 0.250. The van der Waals surface area contributed by atoms with Gasteiger partial charge >= 0.3 is 0 Å². The first-order valence-electron chi connectivity index (χ1n) is 13.6. The number of aliphatic imine (C=N–C) groups is 1. The van der Waals surface area contributed by atoms with Gasteiger partial charge in [-0.05, 0) is 74.9 Å². The van der Waals surface area contributed by atoms with Crippen molar-refractivity contribution in [2.75, 3.05) is 32.7 Å². The minimum atomic E-state index is -1.31. The van der Waals surface area contributed by atoms with Crippen molar-refractivity contribution in [2.24, 2.45) is 4.99 Å². The molecular weight excluding hydrogens is 493 g/mol. The molecule has 6 nitrogen and oxygen atoms in total. The molecule has 3 rings (SSSR count). The van der Waals surface area contributed by atoms with E-state index in [2.05, 4.69) is 30.6 Å². The average molecular weight is 534 g/mol. The third-order valence-electron chi connectivity index (χ3n) is 6.83. The lowest BCUT2D eigenvalue weighted by Crippen LogP contribution is -2.48. The van der Waals surface area contributed by atoms with Gasteiger partial charge in [-0.1, -0.05) is 49.1 Å². The summed E-state index contributed by atoms with van der Waals surface area (Å²) >= 11 is 0. The number of piperazine rings is 1. The number of carbonyl (C=O) groups excluding carboxylic acids is 1. The summed E-state index contributed by atoms with van der Waals surface area (Å²) in [6, 6.07) is 6.31. The molecule has 1 amide bonds. The van der Waals surface area contributed by atoms with Crippen LogP contribution >= 0.6 is 0 Å². The van der Waals surface area contributed by atoms with Crippen LogP contribution in [-0.2, 0) is 4.79 Å². The highest BCUT2D eigenvalue weighted by Crippen LogP contribution is 2.21. The van der Waals surface area contributed by atoms with Crippen LogP contribution in [0.15, 0.2) is 101 Å². The van der Waals surface area contributed by atoms with Gasteiger partial charge in [0.25, 0.3) is 5.91 Å². The summed E-state index contributed by atoms with van der Waals surface area (Å²) in [5.74, 6) is -0.279. The zero-order valence-corrected chi connectivity index (χ0v) is 22.8.